The van der Waals surface area contributed by atoms with Gasteiger partial charge in [-0.15, -0.1) is 11.3 Å². The minimum Gasteiger partial charge on any atom is -0.297 e. The third kappa shape index (κ3) is 1.92. The number of hydrogen-bond acceptors (Lipinski definition) is 4. The molecule has 0 atom stereocenters. The van der Waals surface area contributed by atoms with Crippen molar-refractivity contribution in [1.29, 1.82) is 0 Å². The summed E-state index contributed by atoms with van der Waals surface area (Å²) in [6, 6.07) is 0. The van der Waals surface area contributed by atoms with E-state index in [-0.39, 0.29) is 16.6 Å². The Kier molecular flexibility index (Phi) is 2.85. The quantitative estimate of drug-likeness (QED) is 0.730. The SMILES string of the molecule is O=c1c(Cl)c(Cl)cnn1Cc1cn2ccsc2n1. The van der Waals surface area contributed by atoms with Crippen LogP contribution in [0, 0.1) is 0 Å². The fraction of sp³-hybridized carbons (Fsp3) is 0.100. The molecule has 0 radical (unpaired) electrons. The molecule has 0 aliphatic heterocycles. The second kappa shape index (κ2) is 4.38. The molecule has 92 valence electrons. The van der Waals surface area contributed by atoms with Crippen LogP contribution in [0.15, 0.2) is 28.8 Å². The highest BCUT2D eigenvalue weighted by molar-refractivity contribution is 7.15. The van der Waals surface area contributed by atoms with Crippen LogP contribution >= 0.6 is 34.5 Å². The molecule has 0 spiro atoms. The third-order valence-corrected chi connectivity index (χ3v) is 3.92. The minimum atomic E-state index is -0.416. The monoisotopic (exact) mass is 300 g/mol. The van der Waals surface area contributed by atoms with Crippen LogP contribution in [0.1, 0.15) is 5.69 Å². The topological polar surface area (TPSA) is 52.2 Å². The summed E-state index contributed by atoms with van der Waals surface area (Å²) >= 11 is 13.0. The largest absolute Gasteiger partial charge is 0.297 e. The molecule has 0 fully saturated rings. The Hall–Kier alpha value is -1.37. The normalized spacial score (nSPS) is 11.2. The van der Waals surface area contributed by atoms with Crippen LogP contribution in [0.25, 0.3) is 4.96 Å². The lowest BCUT2D eigenvalue weighted by atomic mass is 10.4. The third-order valence-electron chi connectivity index (χ3n) is 2.40. The predicted octanol–water partition coefficient (Wildman–Crippen LogP) is 2.31. The number of fused-ring (bicyclic) bond motifs is 1. The molecule has 0 aromatic carbocycles. The van der Waals surface area contributed by atoms with Crippen molar-refractivity contribution in [2.24, 2.45) is 0 Å². The average molecular weight is 301 g/mol. The second-order valence-corrected chi connectivity index (χ2v) is 5.25. The zero-order chi connectivity index (χ0) is 12.7. The first-order valence-electron chi connectivity index (χ1n) is 4.97. The Labute approximate surface area is 115 Å². The average Bonchev–Trinajstić information content (AvgIpc) is 2.90. The second-order valence-electron chi connectivity index (χ2n) is 3.59. The van der Waals surface area contributed by atoms with Gasteiger partial charge in [0, 0.05) is 17.8 Å². The van der Waals surface area contributed by atoms with E-state index in [0.29, 0.717) is 0 Å². The molecular weight excluding hydrogens is 295 g/mol. The highest BCUT2D eigenvalue weighted by Crippen LogP contribution is 2.15. The van der Waals surface area contributed by atoms with Gasteiger partial charge in [-0.05, 0) is 0 Å². The van der Waals surface area contributed by atoms with E-state index in [1.165, 1.54) is 22.2 Å². The van der Waals surface area contributed by atoms with Crippen LogP contribution in [-0.2, 0) is 6.54 Å². The Morgan fingerprint density at radius 2 is 2.22 bits per heavy atom. The van der Waals surface area contributed by atoms with E-state index in [9.17, 15) is 4.79 Å². The molecule has 3 rings (SSSR count). The van der Waals surface area contributed by atoms with Crippen LogP contribution in [0.3, 0.4) is 0 Å². The highest BCUT2D eigenvalue weighted by atomic mass is 35.5. The van der Waals surface area contributed by atoms with Gasteiger partial charge in [0.15, 0.2) is 4.96 Å². The van der Waals surface area contributed by atoms with Crippen molar-refractivity contribution in [2.75, 3.05) is 0 Å². The maximum atomic E-state index is 11.8. The lowest BCUT2D eigenvalue weighted by molar-refractivity contribution is 0.630. The van der Waals surface area contributed by atoms with E-state index in [4.69, 9.17) is 23.2 Å². The molecule has 0 aliphatic rings. The summed E-state index contributed by atoms with van der Waals surface area (Å²) in [5.74, 6) is 0. The summed E-state index contributed by atoms with van der Waals surface area (Å²) in [6.45, 7) is 0.268. The molecule has 0 unspecified atom stereocenters. The summed E-state index contributed by atoms with van der Waals surface area (Å²) in [4.78, 5) is 17.0. The lowest BCUT2D eigenvalue weighted by Gasteiger charge is -2.02. The van der Waals surface area contributed by atoms with E-state index >= 15 is 0 Å². The fourth-order valence-corrected chi connectivity index (χ4v) is 2.55. The summed E-state index contributed by atoms with van der Waals surface area (Å²) in [6.07, 6.45) is 5.10. The highest BCUT2D eigenvalue weighted by Gasteiger charge is 2.09. The van der Waals surface area contributed by atoms with Crippen molar-refractivity contribution in [3.05, 3.63) is 50.1 Å². The van der Waals surface area contributed by atoms with Crippen LogP contribution in [-0.4, -0.2) is 19.2 Å². The Morgan fingerprint density at radius 3 is 3.00 bits per heavy atom. The molecule has 0 amide bonds. The van der Waals surface area contributed by atoms with E-state index in [0.717, 1.165) is 10.7 Å². The minimum absolute atomic E-state index is 0.0207. The van der Waals surface area contributed by atoms with Crippen molar-refractivity contribution in [3.63, 3.8) is 0 Å². The lowest BCUT2D eigenvalue weighted by Crippen LogP contribution is -2.23. The zero-order valence-electron chi connectivity index (χ0n) is 8.88. The molecule has 18 heavy (non-hydrogen) atoms. The number of halogens is 2. The molecule has 0 saturated heterocycles. The Morgan fingerprint density at radius 1 is 1.39 bits per heavy atom. The number of hydrogen-bond donors (Lipinski definition) is 0. The van der Waals surface area contributed by atoms with Crippen LogP contribution in [0.5, 0.6) is 0 Å². The van der Waals surface area contributed by atoms with Crippen molar-refractivity contribution in [3.8, 4) is 0 Å². The van der Waals surface area contributed by atoms with Crippen molar-refractivity contribution in [2.45, 2.75) is 6.54 Å². The van der Waals surface area contributed by atoms with Crippen molar-refractivity contribution < 1.29 is 0 Å². The number of aromatic nitrogens is 4. The van der Waals surface area contributed by atoms with Gasteiger partial charge >= 0.3 is 0 Å². The number of nitrogens with zero attached hydrogens (tertiary/aromatic N) is 4. The molecule has 5 nitrogen and oxygen atoms in total. The maximum Gasteiger partial charge on any atom is 0.287 e. The van der Waals surface area contributed by atoms with Crippen LogP contribution in [0.2, 0.25) is 10.0 Å². The van der Waals surface area contributed by atoms with E-state index in [1.807, 2.05) is 22.2 Å². The first-order valence-corrected chi connectivity index (χ1v) is 6.61. The van der Waals surface area contributed by atoms with Gasteiger partial charge < -0.3 is 0 Å². The van der Waals surface area contributed by atoms with Gasteiger partial charge in [0.25, 0.3) is 5.56 Å². The van der Waals surface area contributed by atoms with E-state index < -0.39 is 5.56 Å². The fourth-order valence-electron chi connectivity index (χ4n) is 1.56. The molecule has 0 saturated carbocycles. The summed E-state index contributed by atoms with van der Waals surface area (Å²) in [7, 11) is 0. The maximum absolute atomic E-state index is 11.8. The number of thiazole rings is 1. The van der Waals surface area contributed by atoms with Crippen molar-refractivity contribution in [1.82, 2.24) is 19.2 Å². The Bertz CT molecular complexity index is 747. The van der Waals surface area contributed by atoms with Gasteiger partial charge in [0.05, 0.1) is 23.5 Å². The standard InChI is InChI=1S/C10H6Cl2N4OS/c11-7-3-13-16(9(17)8(7)12)5-6-4-15-1-2-18-10(15)14-6/h1-4H,5H2. The van der Waals surface area contributed by atoms with Gasteiger partial charge in [-0.2, -0.15) is 5.10 Å². The molecular formula is C10H6Cl2N4OS. The van der Waals surface area contributed by atoms with Crippen molar-refractivity contribution >= 4 is 39.5 Å². The van der Waals surface area contributed by atoms with Gasteiger partial charge in [-0.3, -0.25) is 9.20 Å². The molecule has 0 bridgehead atoms. The molecule has 0 aliphatic carbocycles. The van der Waals surface area contributed by atoms with E-state index in [1.54, 1.807) is 0 Å². The Balaban J connectivity index is 2.00. The predicted molar refractivity (Wildman–Crippen MR) is 70.7 cm³/mol. The first kappa shape index (κ1) is 11.7. The molecule has 0 N–H and O–H groups in total. The van der Waals surface area contributed by atoms with Crippen LogP contribution < -0.4 is 5.56 Å². The molecule has 3 heterocycles. The summed E-state index contributed by atoms with van der Waals surface area (Å²) < 4.78 is 3.13. The first-order chi connectivity index (χ1) is 8.65. The van der Waals surface area contributed by atoms with Gasteiger partial charge in [-0.1, -0.05) is 23.2 Å². The number of imidazole rings is 1. The summed E-state index contributed by atoms with van der Waals surface area (Å²) in [5, 5.41) is 6.01. The summed E-state index contributed by atoms with van der Waals surface area (Å²) in [5.41, 5.74) is 0.329. The van der Waals surface area contributed by atoms with E-state index in [2.05, 4.69) is 10.1 Å². The number of rotatable bonds is 2. The van der Waals surface area contributed by atoms with Gasteiger partial charge in [-0.25, -0.2) is 9.67 Å². The zero-order valence-corrected chi connectivity index (χ0v) is 11.2. The van der Waals surface area contributed by atoms with Gasteiger partial charge in [0.1, 0.15) is 5.02 Å². The smallest absolute Gasteiger partial charge is 0.287 e. The van der Waals surface area contributed by atoms with Gasteiger partial charge in [0.2, 0.25) is 0 Å². The molecule has 3 aromatic rings. The molecule has 3 aromatic heterocycles. The van der Waals surface area contributed by atoms with Crippen LogP contribution in [0.4, 0.5) is 0 Å². The molecule has 8 heteroatoms.